The molecule has 0 spiro atoms. The molecule has 2 rings (SSSR count). The summed E-state index contributed by atoms with van der Waals surface area (Å²) in [6.07, 6.45) is 1.82. The van der Waals surface area contributed by atoms with Crippen molar-refractivity contribution in [1.82, 2.24) is 5.32 Å². The van der Waals surface area contributed by atoms with E-state index in [2.05, 4.69) is 5.32 Å². The third kappa shape index (κ3) is 6.52. The summed E-state index contributed by atoms with van der Waals surface area (Å²) in [6.45, 7) is 1.94. The monoisotopic (exact) mass is 429 g/mol. The van der Waals surface area contributed by atoms with Gasteiger partial charge in [0.2, 0.25) is 5.91 Å². The van der Waals surface area contributed by atoms with Crippen LogP contribution in [0, 0.1) is 5.82 Å². The zero-order valence-corrected chi connectivity index (χ0v) is 17.4. The molecule has 0 heterocycles. The Kier molecular flexibility index (Phi) is 7.70. The van der Waals surface area contributed by atoms with Gasteiger partial charge in [-0.05, 0) is 41.8 Å². The van der Waals surface area contributed by atoms with Crippen molar-refractivity contribution < 1.29 is 17.6 Å². The molecule has 27 heavy (non-hydrogen) atoms. The number of hydrogen-bond acceptors (Lipinski definition) is 4. The van der Waals surface area contributed by atoms with Gasteiger partial charge >= 0.3 is 0 Å². The number of rotatable bonds is 8. The normalized spacial score (nSPS) is 12.6. The predicted octanol–water partition coefficient (Wildman–Crippen LogP) is 4.38. The van der Waals surface area contributed by atoms with Gasteiger partial charge in [-0.3, -0.25) is 4.79 Å². The highest BCUT2D eigenvalue weighted by Crippen LogP contribution is 2.21. The van der Waals surface area contributed by atoms with Crippen molar-refractivity contribution in [2.24, 2.45) is 0 Å². The number of sulfone groups is 1. The molecule has 0 bridgehead atoms. The fourth-order valence-electron chi connectivity index (χ4n) is 2.50. The summed E-state index contributed by atoms with van der Waals surface area (Å²) in [7, 11) is -3.25. The fraction of sp³-hybridized carbons (Fsp3) is 0.316. The van der Waals surface area contributed by atoms with Gasteiger partial charge < -0.3 is 5.32 Å². The van der Waals surface area contributed by atoms with Crippen molar-refractivity contribution in [2.45, 2.75) is 30.0 Å². The van der Waals surface area contributed by atoms with Crippen LogP contribution in [-0.2, 0) is 20.4 Å². The first kappa shape index (κ1) is 21.7. The molecule has 8 heteroatoms. The predicted molar refractivity (Wildman–Crippen MR) is 108 cm³/mol. The topological polar surface area (TPSA) is 63.2 Å². The van der Waals surface area contributed by atoms with E-state index in [1.54, 1.807) is 24.3 Å². The van der Waals surface area contributed by atoms with E-state index in [-0.39, 0.29) is 28.4 Å². The molecule has 4 nitrogen and oxygen atoms in total. The maximum absolute atomic E-state index is 13.7. The van der Waals surface area contributed by atoms with Crippen LogP contribution in [0.1, 0.15) is 30.5 Å². The molecule has 0 saturated heterocycles. The average molecular weight is 430 g/mol. The molecule has 1 N–H and O–H groups in total. The Morgan fingerprint density at radius 3 is 2.44 bits per heavy atom. The Hall–Kier alpha value is -1.57. The summed E-state index contributed by atoms with van der Waals surface area (Å²) in [6, 6.07) is 10.8. The molecule has 2 aromatic carbocycles. The second kappa shape index (κ2) is 9.57. The largest absolute Gasteiger partial charge is 0.349 e. The summed E-state index contributed by atoms with van der Waals surface area (Å²) >= 11 is 7.04. The summed E-state index contributed by atoms with van der Waals surface area (Å²) in [4.78, 5) is 12.4. The molecule has 2 aromatic rings. The van der Waals surface area contributed by atoms with Crippen LogP contribution in [0.5, 0.6) is 0 Å². The van der Waals surface area contributed by atoms with Gasteiger partial charge in [-0.1, -0.05) is 36.7 Å². The molecule has 0 aliphatic carbocycles. The lowest BCUT2D eigenvalue weighted by Gasteiger charge is -2.18. The van der Waals surface area contributed by atoms with E-state index in [9.17, 15) is 17.6 Å². The Bertz CT molecular complexity index is 902. The van der Waals surface area contributed by atoms with E-state index < -0.39 is 9.84 Å². The molecular weight excluding hydrogens is 409 g/mol. The number of carbonyl (C=O) groups is 1. The average Bonchev–Trinajstić information content (AvgIpc) is 2.61. The number of halogens is 2. The molecule has 1 atom stereocenters. The first-order valence-corrected chi connectivity index (χ1v) is 11.7. The molecular formula is C19H21ClFNO3S2. The summed E-state index contributed by atoms with van der Waals surface area (Å²) in [5.74, 6) is 0.0252. The number of benzene rings is 2. The van der Waals surface area contributed by atoms with Crippen LogP contribution in [0.15, 0.2) is 47.4 Å². The van der Waals surface area contributed by atoms with E-state index >= 15 is 0 Å². The lowest BCUT2D eigenvalue weighted by Crippen LogP contribution is -2.29. The van der Waals surface area contributed by atoms with Crippen LogP contribution in [0.2, 0.25) is 5.02 Å². The number of nitrogens with one attached hydrogen (secondary N) is 1. The third-order valence-corrected chi connectivity index (χ3v) is 6.30. The molecule has 0 aliphatic rings. The van der Waals surface area contributed by atoms with Crippen molar-refractivity contribution in [1.29, 1.82) is 0 Å². The maximum atomic E-state index is 13.7. The minimum Gasteiger partial charge on any atom is -0.349 e. The van der Waals surface area contributed by atoms with E-state index in [1.807, 2.05) is 6.92 Å². The summed E-state index contributed by atoms with van der Waals surface area (Å²) in [5, 5.41) is 3.27. The van der Waals surface area contributed by atoms with Crippen LogP contribution in [0.4, 0.5) is 4.39 Å². The standard InChI is InChI=1S/C19H21ClFNO3S2/c1-3-18(13-5-8-16(9-6-13)27(2,24)25)22-19(23)12-26-11-14-4-7-15(20)10-17(14)21/h4-10,18H,3,11-12H2,1-2H3,(H,22,23). The molecule has 1 unspecified atom stereocenters. The van der Waals surface area contributed by atoms with Gasteiger partial charge in [0.1, 0.15) is 5.82 Å². The SMILES string of the molecule is CCC(NC(=O)CSCc1ccc(Cl)cc1F)c1ccc(S(C)(=O)=O)cc1. The molecule has 0 aromatic heterocycles. The van der Waals surface area contributed by atoms with Crippen LogP contribution >= 0.6 is 23.4 Å². The van der Waals surface area contributed by atoms with Crippen molar-refractivity contribution in [3.8, 4) is 0 Å². The number of thioether (sulfide) groups is 1. The quantitative estimate of drug-likeness (QED) is 0.676. The number of carbonyl (C=O) groups excluding carboxylic acids is 1. The van der Waals surface area contributed by atoms with E-state index in [4.69, 9.17) is 11.6 Å². The van der Waals surface area contributed by atoms with Crippen molar-refractivity contribution in [3.05, 3.63) is 64.4 Å². The molecule has 0 fully saturated rings. The lowest BCUT2D eigenvalue weighted by molar-refractivity contribution is -0.119. The Morgan fingerprint density at radius 1 is 1.22 bits per heavy atom. The Morgan fingerprint density at radius 2 is 1.89 bits per heavy atom. The molecule has 146 valence electrons. The second-order valence-corrected chi connectivity index (χ2v) is 9.54. The zero-order chi connectivity index (χ0) is 20.0. The Labute approximate surface area is 168 Å². The highest BCUT2D eigenvalue weighted by molar-refractivity contribution is 7.99. The van der Waals surface area contributed by atoms with Crippen LogP contribution in [-0.4, -0.2) is 26.3 Å². The van der Waals surface area contributed by atoms with Crippen molar-refractivity contribution >= 4 is 39.1 Å². The van der Waals surface area contributed by atoms with E-state index in [1.165, 1.54) is 30.0 Å². The first-order valence-electron chi connectivity index (χ1n) is 8.31. The van der Waals surface area contributed by atoms with Crippen molar-refractivity contribution in [2.75, 3.05) is 12.0 Å². The minimum absolute atomic E-state index is 0.159. The van der Waals surface area contributed by atoms with Crippen LogP contribution in [0.25, 0.3) is 0 Å². The molecule has 0 aliphatic heterocycles. The van der Waals surface area contributed by atoms with Crippen LogP contribution in [0.3, 0.4) is 0 Å². The molecule has 1 amide bonds. The summed E-state index contributed by atoms with van der Waals surface area (Å²) in [5.41, 5.74) is 1.34. The van der Waals surface area contributed by atoms with E-state index in [0.29, 0.717) is 22.8 Å². The van der Waals surface area contributed by atoms with Gasteiger partial charge in [-0.2, -0.15) is 0 Å². The van der Waals surface area contributed by atoms with E-state index in [0.717, 1.165) is 11.8 Å². The second-order valence-electron chi connectivity index (χ2n) is 6.10. The molecule has 0 saturated carbocycles. The number of amides is 1. The molecule has 0 radical (unpaired) electrons. The Balaban J connectivity index is 1.91. The van der Waals surface area contributed by atoms with Crippen LogP contribution < -0.4 is 5.32 Å². The van der Waals surface area contributed by atoms with Gasteiger partial charge in [-0.25, -0.2) is 12.8 Å². The van der Waals surface area contributed by atoms with Gasteiger partial charge in [0.05, 0.1) is 16.7 Å². The summed E-state index contributed by atoms with van der Waals surface area (Å²) < 4.78 is 36.8. The first-order chi connectivity index (χ1) is 12.7. The van der Waals surface area contributed by atoms with Crippen molar-refractivity contribution in [3.63, 3.8) is 0 Å². The van der Waals surface area contributed by atoms with Gasteiger partial charge in [0.25, 0.3) is 0 Å². The highest BCUT2D eigenvalue weighted by atomic mass is 35.5. The third-order valence-electron chi connectivity index (χ3n) is 3.96. The van der Waals surface area contributed by atoms with Gasteiger partial charge in [-0.15, -0.1) is 11.8 Å². The fourth-order valence-corrected chi connectivity index (χ4v) is 4.11. The maximum Gasteiger partial charge on any atom is 0.230 e. The van der Waals surface area contributed by atoms with Gasteiger partial charge in [0, 0.05) is 17.0 Å². The van der Waals surface area contributed by atoms with Gasteiger partial charge in [0.15, 0.2) is 9.84 Å². The minimum atomic E-state index is -3.25. The number of hydrogen-bond donors (Lipinski definition) is 1. The highest BCUT2D eigenvalue weighted by Gasteiger charge is 2.14. The lowest BCUT2D eigenvalue weighted by atomic mass is 10.0. The zero-order valence-electron chi connectivity index (χ0n) is 15.0. The smallest absolute Gasteiger partial charge is 0.230 e.